The summed E-state index contributed by atoms with van der Waals surface area (Å²) >= 11 is 1.35. The molecule has 0 spiro atoms. The highest BCUT2D eigenvalue weighted by molar-refractivity contribution is 7.12. The molecule has 3 rings (SSSR count). The molecule has 0 radical (unpaired) electrons. The maximum absolute atomic E-state index is 12.0. The summed E-state index contributed by atoms with van der Waals surface area (Å²) in [5.74, 6) is -0.463. The molecule has 0 bridgehead atoms. The Morgan fingerprint density at radius 1 is 0.964 bits per heavy atom. The Kier molecular flexibility index (Phi) is 6.59. The van der Waals surface area contributed by atoms with Crippen LogP contribution in [0.4, 0.5) is 5.69 Å². The van der Waals surface area contributed by atoms with Crippen LogP contribution in [0.2, 0.25) is 0 Å². The van der Waals surface area contributed by atoms with Crippen molar-refractivity contribution in [3.05, 3.63) is 76.4 Å². The Balaban J connectivity index is 1.42. The van der Waals surface area contributed by atoms with Crippen molar-refractivity contribution < 1.29 is 18.8 Å². The zero-order valence-corrected chi connectivity index (χ0v) is 15.8. The van der Waals surface area contributed by atoms with Gasteiger partial charge in [-0.3, -0.25) is 14.4 Å². The first-order valence-corrected chi connectivity index (χ1v) is 9.52. The molecule has 3 aromatic rings. The highest BCUT2D eigenvalue weighted by Crippen LogP contribution is 2.13. The third-order valence-corrected chi connectivity index (χ3v) is 4.67. The molecule has 0 aliphatic rings. The molecule has 1 aromatic carbocycles. The maximum atomic E-state index is 12.0. The van der Waals surface area contributed by atoms with Gasteiger partial charge in [-0.25, -0.2) is 0 Å². The quantitative estimate of drug-likeness (QED) is 0.544. The summed E-state index contributed by atoms with van der Waals surface area (Å²) in [5, 5.41) is 10.1. The summed E-state index contributed by atoms with van der Waals surface area (Å²) in [4.78, 5) is 36.4. The maximum Gasteiger partial charge on any atom is 0.291 e. The van der Waals surface area contributed by atoms with Crippen molar-refractivity contribution in [3.8, 4) is 0 Å². The van der Waals surface area contributed by atoms with Gasteiger partial charge in [-0.1, -0.05) is 18.2 Å². The lowest BCUT2D eigenvalue weighted by molar-refractivity contribution is -0.121. The van der Waals surface area contributed by atoms with Crippen LogP contribution in [0.5, 0.6) is 0 Å². The van der Waals surface area contributed by atoms with E-state index in [0.717, 1.165) is 5.56 Å². The van der Waals surface area contributed by atoms with Crippen molar-refractivity contribution in [2.75, 3.05) is 11.9 Å². The summed E-state index contributed by atoms with van der Waals surface area (Å²) in [6.07, 6.45) is 1.62. The molecule has 28 heavy (non-hydrogen) atoms. The van der Waals surface area contributed by atoms with E-state index in [1.54, 1.807) is 42.5 Å². The van der Waals surface area contributed by atoms with E-state index in [2.05, 4.69) is 16.0 Å². The second kappa shape index (κ2) is 9.52. The van der Waals surface area contributed by atoms with Gasteiger partial charge in [0.25, 0.3) is 11.8 Å². The molecule has 8 heteroatoms. The second-order valence-electron chi connectivity index (χ2n) is 5.89. The number of amides is 3. The minimum Gasteiger partial charge on any atom is -0.459 e. The Bertz CT molecular complexity index is 936. The van der Waals surface area contributed by atoms with Gasteiger partial charge < -0.3 is 20.4 Å². The van der Waals surface area contributed by atoms with Crippen LogP contribution >= 0.6 is 11.3 Å². The fraction of sp³-hybridized carbons (Fsp3) is 0.150. The van der Waals surface area contributed by atoms with Gasteiger partial charge in [0.05, 0.1) is 11.1 Å². The van der Waals surface area contributed by atoms with E-state index in [1.165, 1.54) is 17.6 Å². The van der Waals surface area contributed by atoms with Gasteiger partial charge in [0.15, 0.2) is 5.76 Å². The standard InChI is InChI=1S/C20H19N3O4S/c24-18(8-9-21-20(26)17-7-3-11-28-17)22-13-14-4-1-5-15(12-14)23-19(25)16-6-2-10-27-16/h1-7,10-12H,8-9,13H2,(H,21,26)(H,22,24)(H,23,25). The van der Waals surface area contributed by atoms with Gasteiger partial charge >= 0.3 is 0 Å². The molecule has 2 aromatic heterocycles. The van der Waals surface area contributed by atoms with Gasteiger partial charge in [-0.05, 0) is 41.3 Å². The summed E-state index contributed by atoms with van der Waals surface area (Å²) < 4.78 is 5.06. The van der Waals surface area contributed by atoms with Gasteiger partial charge in [0.2, 0.25) is 5.91 Å². The molecule has 3 amide bonds. The van der Waals surface area contributed by atoms with Crippen LogP contribution in [0, 0.1) is 0 Å². The molecule has 0 atom stereocenters. The van der Waals surface area contributed by atoms with Crippen molar-refractivity contribution >= 4 is 34.7 Å². The molecule has 144 valence electrons. The van der Waals surface area contributed by atoms with Gasteiger partial charge in [0, 0.05) is 25.2 Å². The summed E-state index contributed by atoms with van der Waals surface area (Å²) in [6.45, 7) is 0.587. The van der Waals surface area contributed by atoms with Crippen LogP contribution in [0.25, 0.3) is 0 Å². The Labute approximate surface area is 165 Å². The van der Waals surface area contributed by atoms with E-state index in [4.69, 9.17) is 4.42 Å². The predicted molar refractivity (Wildman–Crippen MR) is 106 cm³/mol. The molecule has 7 nitrogen and oxygen atoms in total. The van der Waals surface area contributed by atoms with Crippen molar-refractivity contribution in [3.63, 3.8) is 0 Å². The van der Waals surface area contributed by atoms with Crippen molar-refractivity contribution in [1.29, 1.82) is 0 Å². The number of carbonyl (C=O) groups excluding carboxylic acids is 3. The summed E-state index contributed by atoms with van der Waals surface area (Å²) in [6, 6.07) is 13.9. The monoisotopic (exact) mass is 397 g/mol. The molecule has 2 heterocycles. The number of anilines is 1. The number of hydrogen-bond acceptors (Lipinski definition) is 5. The fourth-order valence-electron chi connectivity index (χ4n) is 2.43. The highest BCUT2D eigenvalue weighted by Gasteiger charge is 2.10. The van der Waals surface area contributed by atoms with Crippen LogP contribution in [-0.2, 0) is 11.3 Å². The first-order valence-electron chi connectivity index (χ1n) is 8.64. The lowest BCUT2D eigenvalue weighted by atomic mass is 10.2. The van der Waals surface area contributed by atoms with E-state index in [-0.39, 0.29) is 36.4 Å². The van der Waals surface area contributed by atoms with Crippen molar-refractivity contribution in [2.24, 2.45) is 0 Å². The largest absolute Gasteiger partial charge is 0.459 e. The number of hydrogen-bond donors (Lipinski definition) is 3. The minimum absolute atomic E-state index is 0.170. The summed E-state index contributed by atoms with van der Waals surface area (Å²) in [5.41, 5.74) is 1.45. The molecule has 0 unspecified atom stereocenters. The summed E-state index contributed by atoms with van der Waals surface area (Å²) in [7, 11) is 0. The molecule has 0 aliphatic carbocycles. The molecular weight excluding hydrogens is 378 g/mol. The molecule has 0 aliphatic heterocycles. The minimum atomic E-state index is -0.340. The number of nitrogens with one attached hydrogen (secondary N) is 3. The van der Waals surface area contributed by atoms with E-state index in [1.807, 2.05) is 11.4 Å². The van der Waals surface area contributed by atoms with Gasteiger partial charge in [-0.2, -0.15) is 0 Å². The second-order valence-corrected chi connectivity index (χ2v) is 6.84. The van der Waals surface area contributed by atoms with Crippen LogP contribution in [0.15, 0.2) is 64.6 Å². The van der Waals surface area contributed by atoms with Gasteiger partial charge in [0.1, 0.15) is 0 Å². The van der Waals surface area contributed by atoms with E-state index in [9.17, 15) is 14.4 Å². The Morgan fingerprint density at radius 2 is 1.86 bits per heavy atom. The van der Waals surface area contributed by atoms with Crippen LogP contribution < -0.4 is 16.0 Å². The third kappa shape index (κ3) is 5.55. The topological polar surface area (TPSA) is 100 Å². The van der Waals surface area contributed by atoms with Crippen LogP contribution in [0.1, 0.15) is 32.2 Å². The number of rotatable bonds is 8. The van der Waals surface area contributed by atoms with Gasteiger partial charge in [-0.15, -0.1) is 11.3 Å². The van der Waals surface area contributed by atoms with E-state index < -0.39 is 0 Å². The number of thiophene rings is 1. The van der Waals surface area contributed by atoms with Crippen molar-refractivity contribution in [2.45, 2.75) is 13.0 Å². The van der Waals surface area contributed by atoms with E-state index >= 15 is 0 Å². The fourth-order valence-corrected chi connectivity index (χ4v) is 3.07. The average Bonchev–Trinajstić information content (AvgIpc) is 3.40. The molecule has 3 N–H and O–H groups in total. The average molecular weight is 397 g/mol. The SMILES string of the molecule is O=C(CCNC(=O)c1cccs1)NCc1cccc(NC(=O)c2ccco2)c1. The Hall–Kier alpha value is -3.39. The zero-order chi connectivity index (χ0) is 19.8. The number of furan rings is 1. The zero-order valence-electron chi connectivity index (χ0n) is 14.9. The normalized spacial score (nSPS) is 10.3. The van der Waals surface area contributed by atoms with Crippen LogP contribution in [0.3, 0.4) is 0 Å². The first kappa shape index (κ1) is 19.4. The molecular formula is C20H19N3O4S. The Morgan fingerprint density at radius 3 is 2.61 bits per heavy atom. The van der Waals surface area contributed by atoms with Crippen LogP contribution in [-0.4, -0.2) is 24.3 Å². The predicted octanol–water partition coefficient (Wildman–Crippen LogP) is 3.03. The molecule has 0 saturated carbocycles. The smallest absolute Gasteiger partial charge is 0.291 e. The van der Waals surface area contributed by atoms with Crippen molar-refractivity contribution in [1.82, 2.24) is 10.6 Å². The number of benzene rings is 1. The van der Waals surface area contributed by atoms with E-state index in [0.29, 0.717) is 17.1 Å². The molecule has 0 saturated heterocycles. The molecule has 0 fully saturated rings. The third-order valence-electron chi connectivity index (χ3n) is 3.80. The number of carbonyl (C=O) groups is 3. The lowest BCUT2D eigenvalue weighted by Gasteiger charge is -2.08. The lowest BCUT2D eigenvalue weighted by Crippen LogP contribution is -2.30. The first-order chi connectivity index (χ1) is 13.6. The highest BCUT2D eigenvalue weighted by atomic mass is 32.1.